The third-order valence-corrected chi connectivity index (χ3v) is 2.74. The Bertz CT molecular complexity index is 118. The van der Waals surface area contributed by atoms with Gasteiger partial charge in [0.15, 0.2) is 6.29 Å². The van der Waals surface area contributed by atoms with E-state index in [2.05, 4.69) is 5.32 Å². The fraction of sp³-hybridized carbons (Fsp3) is 1.00. The van der Waals surface area contributed by atoms with Crippen LogP contribution in [0, 0.1) is 5.92 Å². The van der Waals surface area contributed by atoms with Crippen LogP contribution in [0.2, 0.25) is 0 Å². The lowest BCUT2D eigenvalue weighted by Gasteiger charge is -2.16. The van der Waals surface area contributed by atoms with Crippen molar-refractivity contribution < 1.29 is 9.47 Å². The minimum absolute atomic E-state index is 0.0959. The Balaban J connectivity index is 1.98. The quantitative estimate of drug-likeness (QED) is 0.637. The van der Waals surface area contributed by atoms with Gasteiger partial charge in [-0.15, -0.1) is 0 Å². The Labute approximate surface area is 80.8 Å². The third kappa shape index (κ3) is 4.07. The molecule has 0 spiro atoms. The molecule has 0 radical (unpaired) electrons. The van der Waals surface area contributed by atoms with Gasteiger partial charge >= 0.3 is 0 Å². The maximum absolute atomic E-state index is 5.08. The van der Waals surface area contributed by atoms with Gasteiger partial charge in [0.05, 0.1) is 0 Å². The van der Waals surface area contributed by atoms with Crippen molar-refractivity contribution in [2.45, 2.75) is 32.0 Å². The van der Waals surface area contributed by atoms with Crippen molar-refractivity contribution >= 4 is 0 Å². The van der Waals surface area contributed by atoms with Gasteiger partial charge in [-0.25, -0.2) is 0 Å². The highest BCUT2D eigenvalue weighted by Crippen LogP contribution is 2.23. The van der Waals surface area contributed by atoms with E-state index in [-0.39, 0.29) is 6.29 Å². The standard InChI is InChI=1S/C10H21NO2/c1-12-10(13-2)8-11-7-9-5-3-4-6-9/h9-11H,3-8H2,1-2H3. The minimum Gasteiger partial charge on any atom is -0.355 e. The van der Waals surface area contributed by atoms with Crippen LogP contribution in [0.25, 0.3) is 0 Å². The fourth-order valence-electron chi connectivity index (χ4n) is 1.88. The third-order valence-electron chi connectivity index (χ3n) is 2.74. The molecule has 1 fully saturated rings. The van der Waals surface area contributed by atoms with E-state index in [1.54, 1.807) is 14.2 Å². The zero-order chi connectivity index (χ0) is 9.52. The van der Waals surface area contributed by atoms with E-state index in [4.69, 9.17) is 9.47 Å². The summed E-state index contributed by atoms with van der Waals surface area (Å²) in [6.07, 6.45) is 5.49. The van der Waals surface area contributed by atoms with Crippen molar-refractivity contribution in [3.05, 3.63) is 0 Å². The van der Waals surface area contributed by atoms with Crippen LogP contribution in [0.15, 0.2) is 0 Å². The number of hydrogen-bond acceptors (Lipinski definition) is 3. The van der Waals surface area contributed by atoms with Gasteiger partial charge < -0.3 is 14.8 Å². The number of hydrogen-bond donors (Lipinski definition) is 1. The molecule has 0 aliphatic heterocycles. The molecule has 1 rings (SSSR count). The Hall–Kier alpha value is -0.120. The molecule has 13 heavy (non-hydrogen) atoms. The largest absolute Gasteiger partial charge is 0.355 e. The summed E-state index contributed by atoms with van der Waals surface area (Å²) < 4.78 is 10.2. The van der Waals surface area contributed by atoms with Gasteiger partial charge in [0.1, 0.15) is 0 Å². The molecule has 0 bridgehead atoms. The molecule has 0 heterocycles. The van der Waals surface area contributed by atoms with Crippen LogP contribution in [0.3, 0.4) is 0 Å². The van der Waals surface area contributed by atoms with E-state index in [0.29, 0.717) is 0 Å². The first-order chi connectivity index (χ1) is 6.36. The summed E-state index contributed by atoms with van der Waals surface area (Å²) in [5.74, 6) is 0.884. The number of rotatable bonds is 6. The monoisotopic (exact) mass is 187 g/mol. The number of methoxy groups -OCH3 is 2. The summed E-state index contributed by atoms with van der Waals surface area (Å²) in [5, 5.41) is 3.38. The maximum Gasteiger partial charge on any atom is 0.169 e. The van der Waals surface area contributed by atoms with Crippen molar-refractivity contribution in [2.24, 2.45) is 5.92 Å². The van der Waals surface area contributed by atoms with E-state index >= 15 is 0 Å². The first-order valence-electron chi connectivity index (χ1n) is 5.13. The molecule has 0 unspecified atom stereocenters. The molecule has 78 valence electrons. The van der Waals surface area contributed by atoms with Crippen LogP contribution in [0.1, 0.15) is 25.7 Å². The van der Waals surface area contributed by atoms with Crippen LogP contribution in [-0.2, 0) is 9.47 Å². The second-order valence-electron chi connectivity index (χ2n) is 3.71. The lowest BCUT2D eigenvalue weighted by Crippen LogP contribution is -2.32. The predicted octanol–water partition coefficient (Wildman–Crippen LogP) is 1.39. The van der Waals surface area contributed by atoms with Gasteiger partial charge in [-0.1, -0.05) is 12.8 Å². The summed E-state index contributed by atoms with van der Waals surface area (Å²) in [5.41, 5.74) is 0. The molecule has 3 nitrogen and oxygen atoms in total. The molecule has 1 aliphatic rings. The average molecular weight is 187 g/mol. The smallest absolute Gasteiger partial charge is 0.169 e. The fourth-order valence-corrected chi connectivity index (χ4v) is 1.88. The van der Waals surface area contributed by atoms with Crippen LogP contribution in [-0.4, -0.2) is 33.6 Å². The summed E-state index contributed by atoms with van der Waals surface area (Å²) in [4.78, 5) is 0. The molecule has 0 amide bonds. The molecule has 1 N–H and O–H groups in total. The van der Waals surface area contributed by atoms with E-state index in [1.807, 2.05) is 0 Å². The average Bonchev–Trinajstić information content (AvgIpc) is 2.65. The Kier molecular flexibility index (Phi) is 5.35. The number of nitrogens with one attached hydrogen (secondary N) is 1. The molecule has 0 saturated heterocycles. The van der Waals surface area contributed by atoms with Gasteiger partial charge in [-0.3, -0.25) is 0 Å². The normalized spacial score (nSPS) is 18.7. The highest BCUT2D eigenvalue weighted by Gasteiger charge is 2.14. The SMILES string of the molecule is COC(CNCC1CCCC1)OC. The Morgan fingerprint density at radius 1 is 1.23 bits per heavy atom. The molecule has 0 aromatic carbocycles. The molecule has 0 aromatic rings. The van der Waals surface area contributed by atoms with E-state index in [0.717, 1.165) is 19.0 Å². The molecule has 0 atom stereocenters. The summed E-state index contributed by atoms with van der Waals surface area (Å²) >= 11 is 0. The molecule has 1 saturated carbocycles. The molecule has 1 aliphatic carbocycles. The lowest BCUT2D eigenvalue weighted by molar-refractivity contribution is -0.0989. The van der Waals surface area contributed by atoms with Crippen molar-refractivity contribution in [1.82, 2.24) is 5.32 Å². The zero-order valence-electron chi connectivity index (χ0n) is 8.71. The van der Waals surface area contributed by atoms with Gasteiger partial charge in [0.2, 0.25) is 0 Å². The van der Waals surface area contributed by atoms with Gasteiger partial charge in [0.25, 0.3) is 0 Å². The van der Waals surface area contributed by atoms with Crippen molar-refractivity contribution in [1.29, 1.82) is 0 Å². The van der Waals surface area contributed by atoms with E-state index in [9.17, 15) is 0 Å². The second kappa shape index (κ2) is 6.35. The molecule has 3 heteroatoms. The first kappa shape index (κ1) is 11.0. The van der Waals surface area contributed by atoms with Crippen LogP contribution in [0.5, 0.6) is 0 Å². The second-order valence-corrected chi connectivity index (χ2v) is 3.71. The first-order valence-corrected chi connectivity index (χ1v) is 5.13. The van der Waals surface area contributed by atoms with E-state index in [1.165, 1.54) is 25.7 Å². The highest BCUT2D eigenvalue weighted by atomic mass is 16.7. The van der Waals surface area contributed by atoms with Gasteiger partial charge in [-0.2, -0.15) is 0 Å². The lowest BCUT2D eigenvalue weighted by atomic mass is 10.1. The van der Waals surface area contributed by atoms with Crippen molar-refractivity contribution in [2.75, 3.05) is 27.3 Å². The maximum atomic E-state index is 5.08. The van der Waals surface area contributed by atoms with E-state index < -0.39 is 0 Å². The Morgan fingerprint density at radius 2 is 1.85 bits per heavy atom. The summed E-state index contributed by atoms with van der Waals surface area (Å²) in [6.45, 7) is 1.91. The van der Waals surface area contributed by atoms with Crippen molar-refractivity contribution in [3.63, 3.8) is 0 Å². The van der Waals surface area contributed by atoms with Gasteiger partial charge in [0, 0.05) is 20.8 Å². The van der Waals surface area contributed by atoms with Crippen LogP contribution < -0.4 is 5.32 Å². The molecular weight excluding hydrogens is 166 g/mol. The topological polar surface area (TPSA) is 30.5 Å². The molecular formula is C10H21NO2. The molecule has 0 aromatic heterocycles. The van der Waals surface area contributed by atoms with Crippen molar-refractivity contribution in [3.8, 4) is 0 Å². The van der Waals surface area contributed by atoms with Gasteiger partial charge in [-0.05, 0) is 25.3 Å². The summed E-state index contributed by atoms with van der Waals surface area (Å²) in [6, 6.07) is 0. The predicted molar refractivity (Wildman–Crippen MR) is 52.6 cm³/mol. The highest BCUT2D eigenvalue weighted by molar-refractivity contribution is 4.69. The zero-order valence-corrected chi connectivity index (χ0v) is 8.71. The minimum atomic E-state index is -0.0959. The number of ether oxygens (including phenoxy) is 2. The van der Waals surface area contributed by atoms with Crippen LogP contribution in [0.4, 0.5) is 0 Å². The Morgan fingerprint density at radius 3 is 2.38 bits per heavy atom. The summed E-state index contributed by atoms with van der Waals surface area (Å²) in [7, 11) is 3.34. The van der Waals surface area contributed by atoms with Crippen LogP contribution >= 0.6 is 0 Å².